The smallest absolute Gasteiger partial charge is 0.0641 e. The van der Waals surface area contributed by atoms with E-state index in [2.05, 4.69) is 48.1 Å². The van der Waals surface area contributed by atoms with Gasteiger partial charge in [0.05, 0.1) is 5.69 Å². The van der Waals surface area contributed by atoms with Gasteiger partial charge in [-0.3, -0.25) is 4.68 Å². The van der Waals surface area contributed by atoms with E-state index >= 15 is 0 Å². The zero-order valence-corrected chi connectivity index (χ0v) is 12.9. The van der Waals surface area contributed by atoms with Crippen molar-refractivity contribution in [3.8, 4) is 0 Å². The third kappa shape index (κ3) is 2.40. The molecule has 1 aromatic heterocycles. The molecule has 1 unspecified atom stereocenters. The predicted octanol–water partition coefficient (Wildman–Crippen LogP) is 3.09. The van der Waals surface area contributed by atoms with Crippen LogP contribution >= 0.6 is 0 Å². The molecular formula is C18H23N3. The van der Waals surface area contributed by atoms with Gasteiger partial charge >= 0.3 is 0 Å². The van der Waals surface area contributed by atoms with Gasteiger partial charge in [0.25, 0.3) is 0 Å². The van der Waals surface area contributed by atoms with E-state index in [-0.39, 0.29) is 0 Å². The highest BCUT2D eigenvalue weighted by Crippen LogP contribution is 2.36. The Balaban J connectivity index is 1.49. The molecular weight excluding hydrogens is 258 g/mol. The van der Waals surface area contributed by atoms with Gasteiger partial charge in [-0.05, 0) is 44.2 Å². The standard InChI is InChI=1S/C18H23N3/c1-12-18(10-19-16-7-8-16)13(2)21(20-12)11-15-9-14-5-3-4-6-17(14)15/h3-6,15-16,19H,7-11H2,1-2H3. The Bertz CT molecular complexity index is 667. The first-order valence-electron chi connectivity index (χ1n) is 8.06. The Kier molecular flexibility index (Phi) is 3.11. The maximum absolute atomic E-state index is 4.78. The highest BCUT2D eigenvalue weighted by Gasteiger charge is 2.27. The second kappa shape index (κ2) is 4.99. The van der Waals surface area contributed by atoms with Crippen LogP contribution in [0.1, 0.15) is 46.8 Å². The van der Waals surface area contributed by atoms with Crippen molar-refractivity contribution >= 4 is 0 Å². The van der Waals surface area contributed by atoms with Gasteiger partial charge in [0.15, 0.2) is 0 Å². The largest absolute Gasteiger partial charge is 0.310 e. The number of nitrogens with one attached hydrogen (secondary N) is 1. The summed E-state index contributed by atoms with van der Waals surface area (Å²) in [7, 11) is 0. The Hall–Kier alpha value is -1.61. The summed E-state index contributed by atoms with van der Waals surface area (Å²) in [5, 5.41) is 8.39. The second-order valence-electron chi connectivity index (χ2n) is 6.59. The monoisotopic (exact) mass is 281 g/mol. The molecule has 2 aliphatic rings. The number of aromatic nitrogens is 2. The molecule has 0 aliphatic heterocycles. The average Bonchev–Trinajstić information content (AvgIpc) is 3.23. The Labute approximate surface area is 126 Å². The van der Waals surface area contributed by atoms with E-state index in [1.54, 1.807) is 0 Å². The van der Waals surface area contributed by atoms with Crippen LogP contribution in [-0.2, 0) is 19.5 Å². The van der Waals surface area contributed by atoms with Crippen LogP contribution in [-0.4, -0.2) is 15.8 Å². The van der Waals surface area contributed by atoms with Gasteiger partial charge in [-0.2, -0.15) is 5.10 Å². The molecule has 1 aromatic carbocycles. The van der Waals surface area contributed by atoms with Gasteiger partial charge in [0.2, 0.25) is 0 Å². The van der Waals surface area contributed by atoms with Crippen LogP contribution in [0.2, 0.25) is 0 Å². The molecule has 0 bridgehead atoms. The van der Waals surface area contributed by atoms with Crippen LogP contribution in [0.4, 0.5) is 0 Å². The lowest BCUT2D eigenvalue weighted by molar-refractivity contribution is 0.465. The lowest BCUT2D eigenvalue weighted by atomic mass is 9.77. The van der Waals surface area contributed by atoms with Crippen molar-refractivity contribution in [2.24, 2.45) is 0 Å². The van der Waals surface area contributed by atoms with Crippen LogP contribution in [0.25, 0.3) is 0 Å². The minimum absolute atomic E-state index is 0.642. The van der Waals surface area contributed by atoms with E-state index in [9.17, 15) is 0 Å². The topological polar surface area (TPSA) is 29.9 Å². The Morgan fingerprint density at radius 1 is 1.24 bits per heavy atom. The molecule has 1 saturated carbocycles. The third-order valence-corrected chi connectivity index (χ3v) is 5.03. The molecule has 2 aliphatic carbocycles. The van der Waals surface area contributed by atoms with Crippen LogP contribution < -0.4 is 5.32 Å². The lowest BCUT2D eigenvalue weighted by Crippen LogP contribution is -2.23. The highest BCUT2D eigenvalue weighted by molar-refractivity contribution is 5.40. The number of fused-ring (bicyclic) bond motifs is 1. The molecule has 3 heteroatoms. The van der Waals surface area contributed by atoms with Gasteiger partial charge in [-0.25, -0.2) is 0 Å². The Morgan fingerprint density at radius 2 is 2.05 bits per heavy atom. The van der Waals surface area contributed by atoms with Crippen molar-refractivity contribution in [1.82, 2.24) is 15.1 Å². The summed E-state index contributed by atoms with van der Waals surface area (Å²) in [6, 6.07) is 9.56. The molecule has 0 radical (unpaired) electrons. The van der Waals surface area contributed by atoms with Crippen molar-refractivity contribution in [2.75, 3.05) is 0 Å². The van der Waals surface area contributed by atoms with Crippen LogP contribution in [0, 0.1) is 13.8 Å². The molecule has 110 valence electrons. The van der Waals surface area contributed by atoms with Crippen molar-refractivity contribution in [3.63, 3.8) is 0 Å². The minimum atomic E-state index is 0.642. The molecule has 1 atom stereocenters. The maximum atomic E-state index is 4.78. The summed E-state index contributed by atoms with van der Waals surface area (Å²) >= 11 is 0. The van der Waals surface area contributed by atoms with Gasteiger partial charge in [0, 0.05) is 36.3 Å². The summed E-state index contributed by atoms with van der Waals surface area (Å²) < 4.78 is 2.22. The number of aryl methyl sites for hydroxylation is 1. The SMILES string of the molecule is Cc1nn(CC2Cc3ccccc32)c(C)c1CNC1CC1. The molecule has 3 nitrogen and oxygen atoms in total. The number of hydrogen-bond donors (Lipinski definition) is 1. The molecule has 0 amide bonds. The van der Waals surface area contributed by atoms with Crippen molar-refractivity contribution in [3.05, 3.63) is 52.3 Å². The fraction of sp³-hybridized carbons (Fsp3) is 0.500. The second-order valence-corrected chi connectivity index (χ2v) is 6.59. The normalized spacial score (nSPS) is 20.2. The fourth-order valence-electron chi connectivity index (χ4n) is 3.44. The lowest BCUT2D eigenvalue weighted by Gasteiger charge is -2.30. The first-order chi connectivity index (χ1) is 10.2. The summed E-state index contributed by atoms with van der Waals surface area (Å²) in [6.07, 6.45) is 3.88. The zero-order chi connectivity index (χ0) is 14.4. The molecule has 4 rings (SSSR count). The van der Waals surface area contributed by atoms with Gasteiger partial charge in [-0.15, -0.1) is 0 Å². The third-order valence-electron chi connectivity index (χ3n) is 5.03. The first-order valence-corrected chi connectivity index (χ1v) is 8.06. The van der Waals surface area contributed by atoms with Crippen molar-refractivity contribution in [2.45, 2.75) is 58.2 Å². The zero-order valence-electron chi connectivity index (χ0n) is 12.9. The highest BCUT2D eigenvalue weighted by atomic mass is 15.3. The summed E-state index contributed by atoms with van der Waals surface area (Å²) in [6.45, 7) is 6.35. The molecule has 21 heavy (non-hydrogen) atoms. The van der Waals surface area contributed by atoms with Crippen LogP contribution in [0.15, 0.2) is 24.3 Å². The summed E-state index contributed by atoms with van der Waals surface area (Å²) in [5.41, 5.74) is 6.95. The van der Waals surface area contributed by atoms with Gasteiger partial charge in [0.1, 0.15) is 0 Å². The number of rotatable bonds is 5. The fourth-order valence-corrected chi connectivity index (χ4v) is 3.44. The van der Waals surface area contributed by atoms with Gasteiger partial charge < -0.3 is 5.32 Å². The van der Waals surface area contributed by atoms with E-state index in [0.29, 0.717) is 5.92 Å². The van der Waals surface area contributed by atoms with E-state index < -0.39 is 0 Å². The van der Waals surface area contributed by atoms with Crippen molar-refractivity contribution < 1.29 is 0 Å². The number of nitrogens with zero attached hydrogens (tertiary/aromatic N) is 2. The van der Waals surface area contributed by atoms with Crippen molar-refractivity contribution in [1.29, 1.82) is 0 Å². The van der Waals surface area contributed by atoms with Crippen LogP contribution in [0.3, 0.4) is 0 Å². The molecule has 0 spiro atoms. The Morgan fingerprint density at radius 3 is 2.81 bits per heavy atom. The van der Waals surface area contributed by atoms with E-state index in [4.69, 9.17) is 5.10 Å². The average molecular weight is 281 g/mol. The van der Waals surface area contributed by atoms with Gasteiger partial charge in [-0.1, -0.05) is 24.3 Å². The van der Waals surface area contributed by atoms with E-state index in [0.717, 1.165) is 19.1 Å². The van der Waals surface area contributed by atoms with E-state index in [1.807, 2.05) is 0 Å². The molecule has 1 heterocycles. The summed E-state index contributed by atoms with van der Waals surface area (Å²) in [5.74, 6) is 0.642. The number of benzene rings is 1. The molecule has 0 saturated heterocycles. The summed E-state index contributed by atoms with van der Waals surface area (Å²) in [4.78, 5) is 0. The molecule has 1 N–H and O–H groups in total. The molecule has 1 fully saturated rings. The number of hydrogen-bond acceptors (Lipinski definition) is 2. The van der Waals surface area contributed by atoms with E-state index in [1.165, 1.54) is 47.3 Å². The first kappa shape index (κ1) is 13.1. The quantitative estimate of drug-likeness (QED) is 0.912. The predicted molar refractivity (Wildman–Crippen MR) is 84.4 cm³/mol. The maximum Gasteiger partial charge on any atom is 0.0641 e. The minimum Gasteiger partial charge on any atom is -0.310 e. The van der Waals surface area contributed by atoms with Crippen LogP contribution in [0.5, 0.6) is 0 Å². The molecule has 2 aromatic rings.